The molecule has 0 amide bonds. The van der Waals surface area contributed by atoms with E-state index < -0.39 is 0 Å². The lowest BCUT2D eigenvalue weighted by atomic mass is 10.2. The monoisotopic (exact) mass is 328 g/mol. The first-order valence-corrected chi connectivity index (χ1v) is 9.19. The molecule has 6 heteroatoms. The molecule has 2 N–H and O–H groups in total. The quantitative estimate of drug-likeness (QED) is 0.596. The third-order valence-corrected chi connectivity index (χ3v) is 5.64. The molecule has 0 radical (unpaired) electrons. The topological polar surface area (TPSA) is 39.7 Å². The van der Waals surface area contributed by atoms with Crippen molar-refractivity contribution in [1.82, 2.24) is 15.5 Å². The van der Waals surface area contributed by atoms with Gasteiger partial charge in [-0.15, -0.1) is 11.3 Å². The molecule has 0 saturated carbocycles. The van der Waals surface area contributed by atoms with Crippen molar-refractivity contribution in [2.24, 2.45) is 4.99 Å². The summed E-state index contributed by atoms with van der Waals surface area (Å²) in [6.45, 7) is 6.19. The third-order valence-electron chi connectivity index (χ3n) is 3.42. The zero-order valence-electron chi connectivity index (χ0n) is 13.9. The molecule has 0 spiro atoms. The van der Waals surface area contributed by atoms with Crippen LogP contribution >= 0.6 is 23.1 Å². The molecule has 0 fully saturated rings. The Morgan fingerprint density at radius 2 is 2.14 bits per heavy atom. The number of hydrogen-bond acceptors (Lipinski definition) is 4. The summed E-state index contributed by atoms with van der Waals surface area (Å²) in [6, 6.07) is 4.64. The second-order valence-electron chi connectivity index (χ2n) is 5.77. The maximum absolute atomic E-state index is 4.31. The van der Waals surface area contributed by atoms with E-state index in [0.717, 1.165) is 19.0 Å². The maximum Gasteiger partial charge on any atom is 0.191 e. The number of nitrogens with one attached hydrogen (secondary N) is 2. The molecule has 0 aliphatic heterocycles. The van der Waals surface area contributed by atoms with Crippen molar-refractivity contribution in [2.75, 3.05) is 40.5 Å². The molecule has 1 unspecified atom stereocenters. The standard InChI is InChI=1S/C15H28N4S2/c1-15(2,20-6)11-18-14(16-3)17-10-12(19(4)5)13-8-7-9-21-13/h7-9,12H,10-11H2,1-6H3,(H2,16,17,18). The zero-order chi connectivity index (χ0) is 15.9. The Morgan fingerprint density at radius 3 is 2.62 bits per heavy atom. The molecule has 1 atom stereocenters. The molecule has 1 heterocycles. The van der Waals surface area contributed by atoms with Crippen LogP contribution in [0.15, 0.2) is 22.5 Å². The summed E-state index contributed by atoms with van der Waals surface area (Å²) >= 11 is 3.65. The van der Waals surface area contributed by atoms with Gasteiger partial charge in [0.05, 0.1) is 6.04 Å². The van der Waals surface area contributed by atoms with Gasteiger partial charge in [-0.1, -0.05) is 6.07 Å². The number of likely N-dealkylation sites (N-methyl/N-ethyl adjacent to an activating group) is 1. The average Bonchev–Trinajstić information content (AvgIpc) is 2.96. The Balaban J connectivity index is 2.54. The van der Waals surface area contributed by atoms with Gasteiger partial charge < -0.3 is 15.5 Å². The van der Waals surface area contributed by atoms with Gasteiger partial charge in [0, 0.05) is 29.8 Å². The number of hydrogen-bond donors (Lipinski definition) is 2. The highest BCUT2D eigenvalue weighted by Gasteiger charge is 2.18. The summed E-state index contributed by atoms with van der Waals surface area (Å²) in [5.41, 5.74) is 0. The molecule has 0 aliphatic carbocycles. The van der Waals surface area contributed by atoms with E-state index in [2.05, 4.69) is 72.2 Å². The highest BCUT2D eigenvalue weighted by Crippen LogP contribution is 2.22. The van der Waals surface area contributed by atoms with Crippen LogP contribution in [0.2, 0.25) is 0 Å². The molecule has 0 aromatic carbocycles. The van der Waals surface area contributed by atoms with Crippen LogP contribution in [0.3, 0.4) is 0 Å². The number of thioether (sulfide) groups is 1. The Bertz CT molecular complexity index is 427. The van der Waals surface area contributed by atoms with E-state index >= 15 is 0 Å². The van der Waals surface area contributed by atoms with Crippen molar-refractivity contribution in [1.29, 1.82) is 0 Å². The SMILES string of the molecule is CN=C(NCC(c1cccs1)N(C)C)NCC(C)(C)SC. The van der Waals surface area contributed by atoms with Crippen molar-refractivity contribution >= 4 is 29.1 Å². The molecule has 0 saturated heterocycles. The van der Waals surface area contributed by atoms with Crippen molar-refractivity contribution in [3.63, 3.8) is 0 Å². The number of rotatable bonds is 7. The highest BCUT2D eigenvalue weighted by atomic mass is 32.2. The minimum Gasteiger partial charge on any atom is -0.355 e. The lowest BCUT2D eigenvalue weighted by Gasteiger charge is -2.26. The van der Waals surface area contributed by atoms with Gasteiger partial charge in [-0.2, -0.15) is 11.8 Å². The van der Waals surface area contributed by atoms with Crippen LogP contribution in [0.4, 0.5) is 0 Å². The predicted octanol–water partition coefficient (Wildman–Crippen LogP) is 2.66. The molecule has 1 aromatic rings. The first-order chi connectivity index (χ1) is 9.89. The van der Waals surface area contributed by atoms with Crippen LogP contribution in [0.1, 0.15) is 24.8 Å². The van der Waals surface area contributed by atoms with Crippen LogP contribution in [0.5, 0.6) is 0 Å². The largest absolute Gasteiger partial charge is 0.355 e. The number of aliphatic imine (C=N–C) groups is 1. The molecule has 4 nitrogen and oxygen atoms in total. The predicted molar refractivity (Wildman–Crippen MR) is 97.7 cm³/mol. The Labute approximate surface area is 137 Å². The maximum atomic E-state index is 4.31. The summed E-state index contributed by atoms with van der Waals surface area (Å²) in [5, 5.41) is 8.96. The molecular formula is C15H28N4S2. The van der Waals surface area contributed by atoms with Crippen LogP contribution in [0.25, 0.3) is 0 Å². The Morgan fingerprint density at radius 1 is 1.43 bits per heavy atom. The van der Waals surface area contributed by atoms with E-state index in [1.54, 1.807) is 11.3 Å². The van der Waals surface area contributed by atoms with Gasteiger partial charge in [-0.25, -0.2) is 0 Å². The summed E-state index contributed by atoms with van der Waals surface area (Å²) in [5.74, 6) is 0.862. The third kappa shape index (κ3) is 6.28. The lowest BCUT2D eigenvalue weighted by Crippen LogP contribution is -2.45. The van der Waals surface area contributed by atoms with Crippen LogP contribution in [0, 0.1) is 0 Å². The van der Waals surface area contributed by atoms with E-state index in [1.165, 1.54) is 4.88 Å². The van der Waals surface area contributed by atoms with E-state index in [4.69, 9.17) is 0 Å². The second-order valence-corrected chi connectivity index (χ2v) is 8.26. The van der Waals surface area contributed by atoms with Gasteiger partial charge in [0.1, 0.15) is 0 Å². The first-order valence-electron chi connectivity index (χ1n) is 7.09. The average molecular weight is 329 g/mol. The summed E-state index contributed by atoms with van der Waals surface area (Å²) in [7, 11) is 6.04. The van der Waals surface area contributed by atoms with Crippen molar-refractivity contribution in [2.45, 2.75) is 24.6 Å². The van der Waals surface area contributed by atoms with Gasteiger partial charge in [-0.3, -0.25) is 4.99 Å². The fourth-order valence-corrected chi connectivity index (χ4v) is 2.94. The molecule has 21 heavy (non-hydrogen) atoms. The second kappa shape index (κ2) is 8.66. The Kier molecular flexibility index (Phi) is 7.56. The fraction of sp³-hybridized carbons (Fsp3) is 0.667. The van der Waals surface area contributed by atoms with E-state index in [1.807, 2.05) is 18.8 Å². The first kappa shape index (κ1) is 18.3. The minimum absolute atomic E-state index is 0.201. The number of thiophene rings is 1. The van der Waals surface area contributed by atoms with Gasteiger partial charge in [0.25, 0.3) is 0 Å². The Hall–Kier alpha value is -0.720. The molecule has 120 valence electrons. The molecule has 0 aliphatic rings. The van der Waals surface area contributed by atoms with E-state index in [0.29, 0.717) is 6.04 Å². The van der Waals surface area contributed by atoms with Crippen molar-refractivity contribution in [3.05, 3.63) is 22.4 Å². The highest BCUT2D eigenvalue weighted by molar-refractivity contribution is 7.99. The molecule has 1 aromatic heterocycles. The fourth-order valence-electron chi connectivity index (χ4n) is 1.80. The summed E-state index contributed by atoms with van der Waals surface area (Å²) in [4.78, 5) is 7.91. The van der Waals surface area contributed by atoms with E-state index in [9.17, 15) is 0 Å². The molecule has 1 rings (SSSR count). The van der Waals surface area contributed by atoms with Gasteiger partial charge in [0.15, 0.2) is 5.96 Å². The van der Waals surface area contributed by atoms with Crippen LogP contribution in [-0.4, -0.2) is 56.1 Å². The summed E-state index contributed by atoms with van der Waals surface area (Å²) < 4.78 is 0.201. The lowest BCUT2D eigenvalue weighted by molar-refractivity contribution is 0.302. The van der Waals surface area contributed by atoms with Crippen LogP contribution < -0.4 is 10.6 Å². The normalized spacial score (nSPS) is 14.3. The van der Waals surface area contributed by atoms with Gasteiger partial charge >= 0.3 is 0 Å². The van der Waals surface area contributed by atoms with E-state index in [-0.39, 0.29) is 4.75 Å². The molecule has 0 bridgehead atoms. The van der Waals surface area contributed by atoms with Gasteiger partial charge in [-0.05, 0) is 45.6 Å². The number of nitrogens with zero attached hydrogens (tertiary/aromatic N) is 2. The van der Waals surface area contributed by atoms with Crippen molar-refractivity contribution < 1.29 is 0 Å². The van der Waals surface area contributed by atoms with Crippen LogP contribution in [-0.2, 0) is 0 Å². The zero-order valence-corrected chi connectivity index (χ0v) is 15.6. The van der Waals surface area contributed by atoms with Gasteiger partial charge in [0.2, 0.25) is 0 Å². The molecular weight excluding hydrogens is 300 g/mol. The van der Waals surface area contributed by atoms with Crippen molar-refractivity contribution in [3.8, 4) is 0 Å². The minimum atomic E-state index is 0.201. The number of guanidine groups is 1. The smallest absolute Gasteiger partial charge is 0.191 e. The summed E-state index contributed by atoms with van der Waals surface area (Å²) in [6.07, 6.45) is 2.14.